The molecule has 8 nitrogen and oxygen atoms in total. The van der Waals surface area contributed by atoms with Crippen molar-refractivity contribution in [1.82, 2.24) is 15.5 Å². The first kappa shape index (κ1) is 23.3. The third kappa shape index (κ3) is 5.03. The number of rotatable bonds is 7. The van der Waals surface area contributed by atoms with Crippen molar-refractivity contribution in [3.63, 3.8) is 0 Å². The van der Waals surface area contributed by atoms with Crippen LogP contribution in [0.3, 0.4) is 0 Å². The van der Waals surface area contributed by atoms with Gasteiger partial charge in [-0.15, -0.1) is 6.58 Å². The van der Waals surface area contributed by atoms with Crippen LogP contribution in [0.25, 0.3) is 0 Å². The summed E-state index contributed by atoms with van der Waals surface area (Å²) < 4.78 is 24.6. The zero-order valence-corrected chi connectivity index (χ0v) is 18.6. The van der Waals surface area contributed by atoms with E-state index < -0.39 is 17.8 Å². The van der Waals surface area contributed by atoms with Gasteiger partial charge in [0.2, 0.25) is 12.7 Å². The number of halogens is 1. The highest BCUT2D eigenvalue weighted by atomic mass is 19.1. The van der Waals surface area contributed by atoms with Crippen molar-refractivity contribution in [1.29, 1.82) is 0 Å². The molecular formula is C25H26FN3O5. The molecule has 178 valence electrons. The molecule has 2 aliphatic heterocycles. The van der Waals surface area contributed by atoms with E-state index in [1.165, 1.54) is 18.2 Å². The Balaban J connectivity index is 1.44. The molecule has 1 saturated heterocycles. The molecule has 2 aromatic rings. The van der Waals surface area contributed by atoms with E-state index in [9.17, 15) is 18.8 Å². The van der Waals surface area contributed by atoms with Crippen LogP contribution >= 0.6 is 0 Å². The molecule has 9 heteroatoms. The summed E-state index contributed by atoms with van der Waals surface area (Å²) >= 11 is 0. The molecule has 2 aliphatic rings. The topological polar surface area (TPSA) is 97.0 Å². The summed E-state index contributed by atoms with van der Waals surface area (Å²) in [6.45, 7) is 4.67. The van der Waals surface area contributed by atoms with Gasteiger partial charge in [0.25, 0.3) is 11.8 Å². The van der Waals surface area contributed by atoms with Gasteiger partial charge in [-0.05, 0) is 49.1 Å². The first-order valence-corrected chi connectivity index (χ1v) is 11.1. The van der Waals surface area contributed by atoms with Gasteiger partial charge in [0, 0.05) is 25.2 Å². The second-order valence-electron chi connectivity index (χ2n) is 8.16. The molecule has 0 saturated carbocycles. The van der Waals surface area contributed by atoms with Crippen LogP contribution < -0.4 is 20.1 Å². The smallest absolute Gasteiger partial charge is 0.256 e. The van der Waals surface area contributed by atoms with E-state index in [1.807, 2.05) is 0 Å². The van der Waals surface area contributed by atoms with E-state index in [4.69, 9.17) is 9.47 Å². The quantitative estimate of drug-likeness (QED) is 0.610. The Hall–Kier alpha value is -3.88. The van der Waals surface area contributed by atoms with Gasteiger partial charge in [0.05, 0.1) is 5.56 Å². The summed E-state index contributed by atoms with van der Waals surface area (Å²) in [5.74, 6) is -0.855. The Labute approximate surface area is 196 Å². The first-order valence-electron chi connectivity index (χ1n) is 11.1. The van der Waals surface area contributed by atoms with Gasteiger partial charge in [-0.25, -0.2) is 4.39 Å². The number of benzene rings is 2. The minimum Gasteiger partial charge on any atom is -0.454 e. The third-order valence-corrected chi connectivity index (χ3v) is 6.03. The minimum absolute atomic E-state index is 0.0253. The Kier molecular flexibility index (Phi) is 7.10. The molecule has 2 N–H and O–H groups in total. The maximum atomic E-state index is 14.0. The molecule has 34 heavy (non-hydrogen) atoms. The predicted octanol–water partition coefficient (Wildman–Crippen LogP) is 2.51. The number of nitrogens with zero attached hydrogens (tertiary/aromatic N) is 1. The lowest BCUT2D eigenvalue weighted by Crippen LogP contribution is -2.53. The highest BCUT2D eigenvalue weighted by Gasteiger charge is 2.34. The van der Waals surface area contributed by atoms with E-state index in [2.05, 4.69) is 17.2 Å². The molecule has 2 heterocycles. The normalized spacial score (nSPS) is 16.0. The maximum absolute atomic E-state index is 14.0. The fourth-order valence-corrected chi connectivity index (χ4v) is 4.18. The van der Waals surface area contributed by atoms with E-state index >= 15 is 0 Å². The van der Waals surface area contributed by atoms with E-state index in [1.54, 1.807) is 35.2 Å². The highest BCUT2D eigenvalue weighted by Crippen LogP contribution is 2.32. The summed E-state index contributed by atoms with van der Waals surface area (Å²) in [4.78, 5) is 40.2. The first-order chi connectivity index (χ1) is 16.5. The largest absolute Gasteiger partial charge is 0.454 e. The predicted molar refractivity (Wildman–Crippen MR) is 122 cm³/mol. The van der Waals surface area contributed by atoms with E-state index in [-0.39, 0.29) is 36.6 Å². The summed E-state index contributed by atoms with van der Waals surface area (Å²) in [6.07, 6.45) is 2.52. The standard InChI is InChI=1S/C25H26FN3O5/c1-2-11-27-24(31)22(28-23(30)17-7-8-20-21(14-17)34-15-33-20)16-9-12-29(13-10-16)25(32)18-5-3-4-6-19(18)26/h2-8,14,16,22H,1,9-13,15H2,(H,27,31)(H,28,30)/t22-/m1/s1. The van der Waals surface area contributed by atoms with Crippen LogP contribution in [-0.2, 0) is 4.79 Å². The average molecular weight is 467 g/mol. The van der Waals surface area contributed by atoms with Crippen LogP contribution in [0.2, 0.25) is 0 Å². The highest BCUT2D eigenvalue weighted by molar-refractivity contribution is 5.98. The van der Waals surface area contributed by atoms with Crippen molar-refractivity contribution in [2.45, 2.75) is 18.9 Å². The summed E-state index contributed by atoms with van der Waals surface area (Å²) in [6, 6.07) is 9.90. The molecule has 0 radical (unpaired) electrons. The number of hydrogen-bond donors (Lipinski definition) is 2. The number of hydrogen-bond acceptors (Lipinski definition) is 5. The van der Waals surface area contributed by atoms with Crippen molar-refractivity contribution in [2.24, 2.45) is 5.92 Å². The van der Waals surface area contributed by atoms with E-state index in [0.717, 1.165) is 0 Å². The van der Waals surface area contributed by atoms with Gasteiger partial charge in [-0.3, -0.25) is 14.4 Å². The van der Waals surface area contributed by atoms with Crippen molar-refractivity contribution in [3.8, 4) is 11.5 Å². The molecule has 0 unspecified atom stereocenters. The zero-order chi connectivity index (χ0) is 24.1. The number of nitrogens with one attached hydrogen (secondary N) is 2. The van der Waals surface area contributed by atoms with Crippen LogP contribution in [0.5, 0.6) is 11.5 Å². The van der Waals surface area contributed by atoms with E-state index in [0.29, 0.717) is 43.0 Å². The summed E-state index contributed by atoms with van der Waals surface area (Å²) in [7, 11) is 0. The van der Waals surface area contributed by atoms with Crippen LogP contribution in [0.1, 0.15) is 33.6 Å². The molecule has 0 aromatic heterocycles. The van der Waals surface area contributed by atoms with Gasteiger partial charge in [0.1, 0.15) is 11.9 Å². The minimum atomic E-state index is -0.802. The molecule has 0 spiro atoms. The SMILES string of the molecule is C=CCNC(=O)[C@H](NC(=O)c1ccc2c(c1)OCO2)C1CCN(C(=O)c2ccccc2F)CC1. The number of amides is 3. The fourth-order valence-electron chi connectivity index (χ4n) is 4.18. The number of likely N-dealkylation sites (tertiary alicyclic amines) is 1. The van der Waals surface area contributed by atoms with Crippen molar-refractivity contribution < 1.29 is 28.2 Å². The Morgan fingerprint density at radius 1 is 1.12 bits per heavy atom. The van der Waals surface area contributed by atoms with Crippen LogP contribution in [0, 0.1) is 11.7 Å². The van der Waals surface area contributed by atoms with Crippen molar-refractivity contribution >= 4 is 17.7 Å². The van der Waals surface area contributed by atoms with Gasteiger partial charge in [-0.1, -0.05) is 18.2 Å². The lowest BCUT2D eigenvalue weighted by molar-refractivity contribution is -0.124. The second-order valence-corrected chi connectivity index (χ2v) is 8.16. The Morgan fingerprint density at radius 3 is 2.59 bits per heavy atom. The van der Waals surface area contributed by atoms with Gasteiger partial charge in [0.15, 0.2) is 11.5 Å². The molecule has 0 bridgehead atoms. The maximum Gasteiger partial charge on any atom is 0.256 e. The number of carbonyl (C=O) groups excluding carboxylic acids is 3. The molecule has 2 aromatic carbocycles. The molecule has 4 rings (SSSR count). The molecule has 3 amide bonds. The van der Waals surface area contributed by atoms with Gasteiger partial charge >= 0.3 is 0 Å². The van der Waals surface area contributed by atoms with Crippen LogP contribution in [0.4, 0.5) is 4.39 Å². The summed E-state index contributed by atoms with van der Waals surface area (Å²) in [5, 5.41) is 5.59. The number of piperidine rings is 1. The number of fused-ring (bicyclic) bond motifs is 1. The van der Waals surface area contributed by atoms with Crippen LogP contribution in [0.15, 0.2) is 55.1 Å². The molecule has 1 fully saturated rings. The third-order valence-electron chi connectivity index (χ3n) is 6.03. The lowest BCUT2D eigenvalue weighted by Gasteiger charge is -2.36. The Bertz CT molecular complexity index is 1100. The fraction of sp³-hybridized carbons (Fsp3) is 0.320. The van der Waals surface area contributed by atoms with Crippen LogP contribution in [-0.4, -0.2) is 55.1 Å². The average Bonchev–Trinajstić information content (AvgIpc) is 3.34. The number of carbonyl (C=O) groups is 3. The molecule has 0 aliphatic carbocycles. The van der Waals surface area contributed by atoms with Crippen molar-refractivity contribution in [2.75, 3.05) is 26.4 Å². The second kappa shape index (κ2) is 10.4. The van der Waals surface area contributed by atoms with Crippen molar-refractivity contribution in [3.05, 3.63) is 72.1 Å². The lowest BCUT2D eigenvalue weighted by atomic mass is 9.88. The Morgan fingerprint density at radius 2 is 1.85 bits per heavy atom. The molecular weight excluding hydrogens is 441 g/mol. The zero-order valence-electron chi connectivity index (χ0n) is 18.6. The monoisotopic (exact) mass is 467 g/mol. The number of ether oxygens (including phenoxy) is 2. The molecule has 1 atom stereocenters. The summed E-state index contributed by atoms with van der Waals surface area (Å²) in [5.41, 5.74) is 0.371. The van der Waals surface area contributed by atoms with Gasteiger partial charge < -0.3 is 25.0 Å². The van der Waals surface area contributed by atoms with Gasteiger partial charge in [-0.2, -0.15) is 0 Å².